The summed E-state index contributed by atoms with van der Waals surface area (Å²) in [5, 5.41) is 30.7. The van der Waals surface area contributed by atoms with Gasteiger partial charge in [0.05, 0.1) is 17.8 Å². The fraction of sp³-hybridized carbons (Fsp3) is 0.786. The highest BCUT2D eigenvalue weighted by Gasteiger charge is 2.50. The smallest absolute Gasteiger partial charge is 0.0837 e. The van der Waals surface area contributed by atoms with Gasteiger partial charge in [-0.25, -0.2) is 0 Å². The Balaban J connectivity index is 1.71. The van der Waals surface area contributed by atoms with E-state index in [0.29, 0.717) is 23.7 Å². The van der Waals surface area contributed by atoms with E-state index in [1.54, 1.807) is 5.57 Å². The number of aliphatic hydroxyl groups excluding tert-OH is 2. The fourth-order valence-electron chi connectivity index (χ4n) is 6.91. The summed E-state index contributed by atoms with van der Waals surface area (Å²) in [6.45, 7) is 14.8. The number of fused-ring (bicyclic) bond motifs is 1. The zero-order valence-electron chi connectivity index (χ0n) is 20.5. The summed E-state index contributed by atoms with van der Waals surface area (Å²) in [5.41, 5.74) is 3.15. The summed E-state index contributed by atoms with van der Waals surface area (Å²) >= 11 is 0. The number of rotatable bonds is 6. The lowest BCUT2D eigenvalue weighted by Gasteiger charge is -2.44. The molecule has 0 radical (unpaired) electrons. The van der Waals surface area contributed by atoms with Crippen LogP contribution in [-0.4, -0.2) is 33.1 Å². The minimum absolute atomic E-state index is 0.149. The molecule has 0 unspecified atom stereocenters. The molecule has 7 atom stereocenters. The van der Waals surface area contributed by atoms with E-state index in [0.717, 1.165) is 36.3 Å². The second kappa shape index (κ2) is 9.53. The maximum absolute atomic E-state index is 10.4. The van der Waals surface area contributed by atoms with Crippen molar-refractivity contribution >= 4 is 0 Å². The molecule has 0 heterocycles. The summed E-state index contributed by atoms with van der Waals surface area (Å²) in [4.78, 5) is 0. The summed E-state index contributed by atoms with van der Waals surface area (Å²) in [6, 6.07) is 0. The Hall–Kier alpha value is -0.900. The molecule has 3 aliphatic carbocycles. The van der Waals surface area contributed by atoms with Gasteiger partial charge in [0.15, 0.2) is 0 Å². The van der Waals surface area contributed by atoms with E-state index in [-0.39, 0.29) is 5.92 Å². The molecule has 3 aliphatic rings. The molecule has 3 nitrogen and oxygen atoms in total. The molecular formula is C28H46O3. The number of hydrogen-bond donors (Lipinski definition) is 3. The third-order valence-electron chi connectivity index (χ3n) is 8.97. The fourth-order valence-corrected chi connectivity index (χ4v) is 6.91. The van der Waals surface area contributed by atoms with Crippen molar-refractivity contribution in [3.8, 4) is 0 Å². The Morgan fingerprint density at radius 2 is 1.94 bits per heavy atom. The van der Waals surface area contributed by atoms with Gasteiger partial charge in [0.25, 0.3) is 0 Å². The van der Waals surface area contributed by atoms with Crippen molar-refractivity contribution in [3.05, 3.63) is 35.5 Å². The minimum atomic E-state index is -0.648. The van der Waals surface area contributed by atoms with Crippen molar-refractivity contribution in [1.29, 1.82) is 0 Å². The average Bonchev–Trinajstić information content (AvgIpc) is 3.04. The van der Waals surface area contributed by atoms with E-state index < -0.39 is 17.8 Å². The predicted molar refractivity (Wildman–Crippen MR) is 129 cm³/mol. The van der Waals surface area contributed by atoms with E-state index >= 15 is 0 Å². The average molecular weight is 431 g/mol. The standard InChI is InChI=1S/C28H46O3/c1-18(9-7-15-27(4,5)31)23-13-14-24-21(10-8-16-28(23,24)6)11-12-22-17-25(29)20(3)26(30)19(22)2/h11-12,18,20,23-26,29-31H,2,7-10,13-17H2,1,3-6H3/t18-,20-,23+,24-,25-,26+,28+/m0/s1. The highest BCUT2D eigenvalue weighted by molar-refractivity contribution is 5.39. The monoisotopic (exact) mass is 430 g/mol. The summed E-state index contributed by atoms with van der Waals surface area (Å²) in [6.07, 6.45) is 13.4. The van der Waals surface area contributed by atoms with Crippen LogP contribution in [0.1, 0.15) is 92.4 Å². The first-order chi connectivity index (χ1) is 14.4. The molecule has 0 aliphatic heterocycles. The van der Waals surface area contributed by atoms with E-state index in [4.69, 9.17) is 0 Å². The van der Waals surface area contributed by atoms with Gasteiger partial charge in [-0.15, -0.1) is 0 Å². The predicted octanol–water partition coefficient (Wildman–Crippen LogP) is 5.95. The molecule has 176 valence electrons. The highest BCUT2D eigenvalue weighted by atomic mass is 16.3. The molecule has 0 aromatic heterocycles. The van der Waals surface area contributed by atoms with Gasteiger partial charge in [-0.2, -0.15) is 0 Å². The van der Waals surface area contributed by atoms with Gasteiger partial charge in [0, 0.05) is 5.92 Å². The summed E-state index contributed by atoms with van der Waals surface area (Å²) in [7, 11) is 0. The third kappa shape index (κ3) is 5.37. The van der Waals surface area contributed by atoms with Crippen LogP contribution in [0.15, 0.2) is 35.5 Å². The zero-order chi connectivity index (χ0) is 23.0. The molecule has 0 bridgehead atoms. The van der Waals surface area contributed by atoms with E-state index in [1.165, 1.54) is 32.1 Å². The van der Waals surface area contributed by atoms with Gasteiger partial charge in [-0.05, 0) is 93.1 Å². The molecule has 3 saturated carbocycles. The number of hydrogen-bond acceptors (Lipinski definition) is 3. The normalized spacial score (nSPS) is 40.4. The molecule has 0 saturated heterocycles. The first-order valence-corrected chi connectivity index (χ1v) is 12.6. The van der Waals surface area contributed by atoms with Crippen LogP contribution >= 0.6 is 0 Å². The molecule has 3 N–H and O–H groups in total. The van der Waals surface area contributed by atoms with Crippen LogP contribution < -0.4 is 0 Å². The van der Waals surface area contributed by atoms with Crippen molar-refractivity contribution < 1.29 is 15.3 Å². The van der Waals surface area contributed by atoms with Gasteiger partial charge in [0.1, 0.15) is 0 Å². The lowest BCUT2D eigenvalue weighted by molar-refractivity contribution is 0.0283. The highest BCUT2D eigenvalue weighted by Crippen LogP contribution is 2.60. The van der Waals surface area contributed by atoms with Gasteiger partial charge in [-0.3, -0.25) is 0 Å². The van der Waals surface area contributed by atoms with E-state index in [9.17, 15) is 15.3 Å². The Labute approximate surface area is 190 Å². The van der Waals surface area contributed by atoms with Crippen LogP contribution in [0.4, 0.5) is 0 Å². The Morgan fingerprint density at radius 1 is 1.23 bits per heavy atom. The minimum Gasteiger partial charge on any atom is -0.392 e. The Kier molecular flexibility index (Phi) is 7.61. The first kappa shape index (κ1) is 24.7. The quantitative estimate of drug-likeness (QED) is 0.488. The number of aliphatic hydroxyl groups is 3. The van der Waals surface area contributed by atoms with Crippen LogP contribution in [0, 0.1) is 29.1 Å². The van der Waals surface area contributed by atoms with Gasteiger partial charge < -0.3 is 15.3 Å². The molecule has 0 aromatic carbocycles. The topological polar surface area (TPSA) is 60.7 Å². The van der Waals surface area contributed by atoms with E-state index in [2.05, 4.69) is 32.6 Å². The van der Waals surface area contributed by atoms with Gasteiger partial charge in [0.2, 0.25) is 0 Å². The molecule has 0 amide bonds. The maximum Gasteiger partial charge on any atom is 0.0837 e. The summed E-state index contributed by atoms with van der Waals surface area (Å²) in [5.74, 6) is 1.94. The maximum atomic E-state index is 10.4. The van der Waals surface area contributed by atoms with Crippen molar-refractivity contribution in [2.45, 2.75) is 110 Å². The first-order valence-electron chi connectivity index (χ1n) is 12.6. The lowest BCUT2D eigenvalue weighted by atomic mass is 9.60. The second-order valence-corrected chi connectivity index (χ2v) is 11.8. The van der Waals surface area contributed by atoms with Gasteiger partial charge >= 0.3 is 0 Å². The van der Waals surface area contributed by atoms with Crippen molar-refractivity contribution in [3.63, 3.8) is 0 Å². The van der Waals surface area contributed by atoms with Crippen LogP contribution in [0.5, 0.6) is 0 Å². The van der Waals surface area contributed by atoms with Crippen LogP contribution in [0.3, 0.4) is 0 Å². The van der Waals surface area contributed by atoms with Crippen molar-refractivity contribution in [1.82, 2.24) is 0 Å². The van der Waals surface area contributed by atoms with Crippen molar-refractivity contribution in [2.24, 2.45) is 29.1 Å². The molecule has 0 spiro atoms. The van der Waals surface area contributed by atoms with Crippen molar-refractivity contribution in [2.75, 3.05) is 0 Å². The molecule has 0 aromatic rings. The van der Waals surface area contributed by atoms with Crippen LogP contribution in [0.2, 0.25) is 0 Å². The van der Waals surface area contributed by atoms with Crippen LogP contribution in [0.25, 0.3) is 0 Å². The Bertz CT molecular complexity index is 712. The lowest BCUT2D eigenvalue weighted by Crippen LogP contribution is -2.36. The SMILES string of the molecule is C=C1C(=CC=C2CCC[C@]3(C)[C@@H]([C@@H](C)CCCC(C)(C)O)CC[C@@H]23)C[C@H](O)[C@H](C)[C@@H]1O. The zero-order valence-corrected chi connectivity index (χ0v) is 20.5. The largest absolute Gasteiger partial charge is 0.392 e. The summed E-state index contributed by atoms with van der Waals surface area (Å²) < 4.78 is 0. The molecular weight excluding hydrogens is 384 g/mol. The second-order valence-electron chi connectivity index (χ2n) is 11.8. The molecule has 3 fully saturated rings. The van der Waals surface area contributed by atoms with E-state index in [1.807, 2.05) is 20.8 Å². The number of allylic oxidation sites excluding steroid dienone is 3. The molecule has 3 heteroatoms. The third-order valence-corrected chi connectivity index (χ3v) is 8.97. The van der Waals surface area contributed by atoms with Gasteiger partial charge in [-0.1, -0.05) is 57.9 Å². The van der Waals surface area contributed by atoms with Crippen LogP contribution in [-0.2, 0) is 0 Å². The molecule has 31 heavy (non-hydrogen) atoms. The Morgan fingerprint density at radius 3 is 2.61 bits per heavy atom. The molecule has 3 rings (SSSR count).